The maximum atomic E-state index is 13.6. The molecule has 0 saturated heterocycles. The van der Waals surface area contributed by atoms with Gasteiger partial charge in [0, 0.05) is 18.2 Å². The first kappa shape index (κ1) is 17.7. The highest BCUT2D eigenvalue weighted by Gasteiger charge is 2.15. The van der Waals surface area contributed by atoms with Gasteiger partial charge >= 0.3 is 0 Å². The smallest absolute Gasteiger partial charge is 0.272 e. The summed E-state index contributed by atoms with van der Waals surface area (Å²) < 4.78 is 32.0. The number of non-ortho nitro benzene ring substituents is 2. The van der Waals surface area contributed by atoms with Gasteiger partial charge in [-0.05, 0) is 12.1 Å². The molecule has 0 bridgehead atoms. The molecule has 0 unspecified atom stereocenters. The second kappa shape index (κ2) is 7.29. The average molecular weight is 353 g/mol. The molecule has 0 atom stereocenters. The molecule has 0 spiro atoms. The summed E-state index contributed by atoms with van der Waals surface area (Å²) in [6.07, 6.45) is 0. The van der Waals surface area contributed by atoms with Gasteiger partial charge in [0.15, 0.2) is 18.2 Å². The van der Waals surface area contributed by atoms with Gasteiger partial charge in [-0.3, -0.25) is 25.0 Å². The lowest BCUT2D eigenvalue weighted by atomic mass is 10.2. The van der Waals surface area contributed by atoms with Crippen molar-refractivity contribution in [2.45, 2.75) is 0 Å². The van der Waals surface area contributed by atoms with Gasteiger partial charge in [-0.1, -0.05) is 0 Å². The summed E-state index contributed by atoms with van der Waals surface area (Å²) in [6.45, 7) is -0.739. The van der Waals surface area contributed by atoms with Gasteiger partial charge in [0.1, 0.15) is 5.82 Å². The number of hydrogen-bond acceptors (Lipinski definition) is 6. The zero-order valence-corrected chi connectivity index (χ0v) is 12.3. The second-order valence-corrected chi connectivity index (χ2v) is 4.63. The molecular weight excluding hydrogens is 344 g/mol. The van der Waals surface area contributed by atoms with Crippen molar-refractivity contribution in [3.8, 4) is 5.75 Å². The number of hydrogen-bond donors (Lipinski definition) is 1. The molecular formula is C14H9F2N3O6. The Balaban J connectivity index is 2.03. The SMILES string of the molecule is O=C(COc1ccc([N+](=O)[O-])cc1F)Nc1cc([N+](=O)[O-])ccc1F. The van der Waals surface area contributed by atoms with Crippen LogP contribution in [0.5, 0.6) is 5.75 Å². The summed E-state index contributed by atoms with van der Waals surface area (Å²) in [4.78, 5) is 31.3. The molecule has 11 heteroatoms. The Kier molecular flexibility index (Phi) is 5.17. The summed E-state index contributed by atoms with van der Waals surface area (Å²) >= 11 is 0. The fourth-order valence-corrected chi connectivity index (χ4v) is 1.77. The Morgan fingerprint density at radius 1 is 1.00 bits per heavy atom. The molecule has 25 heavy (non-hydrogen) atoms. The fourth-order valence-electron chi connectivity index (χ4n) is 1.77. The van der Waals surface area contributed by atoms with Crippen LogP contribution in [0.1, 0.15) is 0 Å². The summed E-state index contributed by atoms with van der Waals surface area (Å²) in [7, 11) is 0. The first-order chi connectivity index (χ1) is 11.8. The van der Waals surface area contributed by atoms with Crippen molar-refractivity contribution in [1.82, 2.24) is 0 Å². The van der Waals surface area contributed by atoms with Gasteiger partial charge < -0.3 is 10.1 Å². The van der Waals surface area contributed by atoms with Crippen molar-refractivity contribution in [3.63, 3.8) is 0 Å². The van der Waals surface area contributed by atoms with Gasteiger partial charge in [-0.2, -0.15) is 0 Å². The van der Waals surface area contributed by atoms with Gasteiger partial charge in [0.25, 0.3) is 17.3 Å². The van der Waals surface area contributed by atoms with E-state index in [9.17, 15) is 33.8 Å². The van der Waals surface area contributed by atoms with Crippen molar-refractivity contribution in [2.24, 2.45) is 0 Å². The normalized spacial score (nSPS) is 10.2. The Hall–Kier alpha value is -3.63. The van der Waals surface area contributed by atoms with Crippen molar-refractivity contribution < 1.29 is 28.2 Å². The highest BCUT2D eigenvalue weighted by molar-refractivity contribution is 5.92. The highest BCUT2D eigenvalue weighted by Crippen LogP contribution is 2.23. The van der Waals surface area contributed by atoms with Crippen molar-refractivity contribution in [2.75, 3.05) is 11.9 Å². The number of halogens is 2. The van der Waals surface area contributed by atoms with E-state index in [0.717, 1.165) is 30.3 Å². The standard InChI is InChI=1S/C14H9F2N3O6/c15-10-3-1-9(19(23)24)6-12(10)17-14(20)7-25-13-4-2-8(18(21)22)5-11(13)16/h1-6H,7H2,(H,17,20). The third kappa shape index (κ3) is 4.43. The first-order valence-corrected chi connectivity index (χ1v) is 6.58. The second-order valence-electron chi connectivity index (χ2n) is 4.63. The number of ether oxygens (including phenoxy) is 1. The van der Waals surface area contributed by atoms with Crippen LogP contribution in [0.15, 0.2) is 36.4 Å². The Morgan fingerprint density at radius 3 is 2.20 bits per heavy atom. The number of benzene rings is 2. The van der Waals surface area contributed by atoms with Crippen LogP contribution in [0.2, 0.25) is 0 Å². The third-order valence-electron chi connectivity index (χ3n) is 2.92. The number of anilines is 1. The lowest BCUT2D eigenvalue weighted by molar-refractivity contribution is -0.385. The van der Waals surface area contributed by atoms with Crippen molar-refractivity contribution in [3.05, 3.63) is 68.3 Å². The zero-order valence-electron chi connectivity index (χ0n) is 12.3. The topological polar surface area (TPSA) is 125 Å². The fraction of sp³-hybridized carbons (Fsp3) is 0.0714. The molecule has 9 nitrogen and oxygen atoms in total. The van der Waals surface area contributed by atoms with Crippen LogP contribution in [-0.4, -0.2) is 22.4 Å². The van der Waals surface area contributed by atoms with Crippen LogP contribution in [0, 0.1) is 31.9 Å². The van der Waals surface area contributed by atoms with E-state index in [-0.39, 0.29) is 0 Å². The largest absolute Gasteiger partial charge is 0.481 e. The number of carbonyl (C=O) groups is 1. The molecule has 0 aliphatic rings. The Morgan fingerprint density at radius 2 is 1.60 bits per heavy atom. The Labute approximate surface area is 138 Å². The number of nitro groups is 2. The summed E-state index contributed by atoms with van der Waals surface area (Å²) in [5.41, 5.74) is -1.36. The van der Waals surface area contributed by atoms with E-state index in [1.165, 1.54) is 0 Å². The average Bonchev–Trinajstić information content (AvgIpc) is 2.55. The van der Waals surface area contributed by atoms with Crippen molar-refractivity contribution >= 4 is 23.0 Å². The van der Waals surface area contributed by atoms with E-state index in [4.69, 9.17) is 4.74 Å². The van der Waals surface area contributed by atoms with Crippen molar-refractivity contribution in [1.29, 1.82) is 0 Å². The number of amides is 1. The highest BCUT2D eigenvalue weighted by atomic mass is 19.1. The van der Waals surface area contributed by atoms with E-state index in [1.54, 1.807) is 0 Å². The van der Waals surface area contributed by atoms with Crippen LogP contribution >= 0.6 is 0 Å². The molecule has 1 amide bonds. The monoisotopic (exact) mass is 353 g/mol. The minimum absolute atomic E-state index is 0.416. The molecule has 0 aliphatic carbocycles. The zero-order chi connectivity index (χ0) is 18.6. The van der Waals surface area contributed by atoms with E-state index < -0.39 is 56.8 Å². The molecule has 0 fully saturated rings. The van der Waals surface area contributed by atoms with Gasteiger partial charge in [-0.15, -0.1) is 0 Å². The molecule has 2 aromatic rings. The summed E-state index contributed by atoms with van der Waals surface area (Å²) in [6, 6.07) is 5.12. The number of nitrogens with one attached hydrogen (secondary N) is 1. The predicted molar refractivity (Wildman–Crippen MR) is 80.2 cm³/mol. The molecule has 2 aromatic carbocycles. The maximum absolute atomic E-state index is 13.6. The molecule has 130 valence electrons. The molecule has 2 rings (SSSR count). The van der Waals surface area contributed by atoms with E-state index in [1.807, 2.05) is 0 Å². The minimum Gasteiger partial charge on any atom is -0.481 e. The van der Waals surface area contributed by atoms with Crippen LogP contribution < -0.4 is 10.1 Å². The van der Waals surface area contributed by atoms with Crippen LogP contribution in [0.25, 0.3) is 0 Å². The number of carbonyl (C=O) groups excluding carboxylic acids is 1. The maximum Gasteiger partial charge on any atom is 0.272 e. The molecule has 0 heterocycles. The van der Waals surface area contributed by atoms with Gasteiger partial charge in [0.2, 0.25) is 0 Å². The predicted octanol–water partition coefficient (Wildman–Crippen LogP) is 2.80. The molecule has 0 aliphatic heterocycles. The van der Waals surface area contributed by atoms with Gasteiger partial charge in [-0.25, -0.2) is 8.78 Å². The van der Waals surface area contributed by atoms with Crippen LogP contribution in [0.4, 0.5) is 25.8 Å². The lowest BCUT2D eigenvalue weighted by Gasteiger charge is -2.08. The number of nitrogens with zero attached hydrogens (tertiary/aromatic N) is 2. The lowest BCUT2D eigenvalue weighted by Crippen LogP contribution is -2.21. The Bertz CT molecular complexity index is 858. The minimum atomic E-state index is -1.05. The van der Waals surface area contributed by atoms with Crippen LogP contribution in [-0.2, 0) is 4.79 Å². The third-order valence-corrected chi connectivity index (χ3v) is 2.92. The van der Waals surface area contributed by atoms with E-state index >= 15 is 0 Å². The quantitative estimate of drug-likeness (QED) is 0.629. The summed E-state index contributed by atoms with van der Waals surface area (Å²) in [5.74, 6) is -3.28. The molecule has 0 saturated carbocycles. The van der Waals surface area contributed by atoms with Crippen LogP contribution in [0.3, 0.4) is 0 Å². The first-order valence-electron chi connectivity index (χ1n) is 6.58. The van der Waals surface area contributed by atoms with Gasteiger partial charge in [0.05, 0.1) is 21.6 Å². The molecule has 1 N–H and O–H groups in total. The molecule has 0 aromatic heterocycles. The summed E-state index contributed by atoms with van der Waals surface area (Å²) in [5, 5.41) is 23.2. The molecule has 0 radical (unpaired) electrons. The van der Waals surface area contributed by atoms with E-state index in [0.29, 0.717) is 6.07 Å². The van der Waals surface area contributed by atoms with E-state index in [2.05, 4.69) is 5.32 Å². The number of rotatable bonds is 6. The number of nitro benzene ring substituents is 2.